The van der Waals surface area contributed by atoms with Crippen LogP contribution in [-0.2, 0) is 39.2 Å². The number of ether oxygens (including phenoxy) is 3. The quantitative estimate of drug-likeness (QED) is 0.247. The zero-order valence-electron chi connectivity index (χ0n) is 26.4. The van der Waals surface area contributed by atoms with Crippen LogP contribution in [0.2, 0.25) is 0 Å². The van der Waals surface area contributed by atoms with Crippen LogP contribution in [0.1, 0.15) is 70.4 Å². The molecule has 4 rings (SSSR count). The van der Waals surface area contributed by atoms with Gasteiger partial charge < -0.3 is 24.1 Å². The number of rotatable bonds is 10. The number of aryl methyl sites for hydroxylation is 1. The molecule has 1 saturated heterocycles. The lowest BCUT2D eigenvalue weighted by atomic mass is 9.99. The lowest BCUT2D eigenvalue weighted by molar-refractivity contribution is -0.157. The number of halogens is 1. The molecule has 0 aliphatic carbocycles. The summed E-state index contributed by atoms with van der Waals surface area (Å²) in [5.74, 6) is -0.712. The molecule has 0 bridgehead atoms. The summed E-state index contributed by atoms with van der Waals surface area (Å²) in [4.78, 5) is 54.9. The van der Waals surface area contributed by atoms with E-state index in [0.717, 1.165) is 10.1 Å². The summed E-state index contributed by atoms with van der Waals surface area (Å²) in [6.45, 7) is 10.1. The molecular weight excluding hydrogens is 689 g/mol. The van der Waals surface area contributed by atoms with E-state index in [4.69, 9.17) is 27.8 Å². The van der Waals surface area contributed by atoms with Crippen LogP contribution in [0.15, 0.2) is 39.0 Å². The number of H-pyrrole nitrogens is 1. The number of benzene rings is 1. The number of aromatic amines is 1. The first-order chi connectivity index (χ1) is 21.6. The Labute approximate surface area is 274 Å². The van der Waals surface area contributed by atoms with Crippen molar-refractivity contribution in [1.82, 2.24) is 14.9 Å². The largest absolute Gasteiger partial charge is 0.530 e. The molecule has 2 aliphatic rings. The molecule has 0 saturated carbocycles. The molecule has 1 amide bonds. The Morgan fingerprint density at radius 1 is 1.28 bits per heavy atom. The van der Waals surface area contributed by atoms with Gasteiger partial charge in [-0.2, -0.15) is 0 Å². The van der Waals surface area contributed by atoms with Gasteiger partial charge in [0, 0.05) is 18.2 Å². The third-order valence-electron chi connectivity index (χ3n) is 7.41. The first kappa shape index (κ1) is 35.6. The standard InChI is InChI=1S/C30H39BrN3O11P/c1-7-17(2)24(32-29(38)44-30(4,5)6)27(36)43-21-13-23(34-14-19(11-12-31)26(35)33-28(34)37)42-22(21)16-41-46(39)40-15-20-10-8-9-18(3)25(20)45-46/h8-12,14,17,21-24H,7,13,15-16H2,1-6H3,(H,32,38)(H,33,35,37)/b12-11+/t17-,21-,22+,23+,24+,46?/m0/s1. The summed E-state index contributed by atoms with van der Waals surface area (Å²) in [6.07, 6.45) is -0.657. The zero-order chi connectivity index (χ0) is 33.8. The van der Waals surface area contributed by atoms with E-state index < -0.39 is 67.8 Å². The van der Waals surface area contributed by atoms with Gasteiger partial charge in [0.05, 0.1) is 18.8 Å². The topological polar surface area (TPSA) is 173 Å². The average Bonchev–Trinajstić information content (AvgIpc) is 3.37. The van der Waals surface area contributed by atoms with Gasteiger partial charge in [0.2, 0.25) is 0 Å². The first-order valence-electron chi connectivity index (χ1n) is 14.8. The van der Waals surface area contributed by atoms with Crippen LogP contribution in [0, 0.1) is 12.8 Å². The van der Waals surface area contributed by atoms with Crippen molar-refractivity contribution in [3.05, 3.63) is 66.9 Å². The number of hydrogen-bond donors (Lipinski definition) is 2. The van der Waals surface area contributed by atoms with Crippen LogP contribution in [0.25, 0.3) is 6.08 Å². The maximum absolute atomic E-state index is 13.6. The molecule has 252 valence electrons. The number of phosphoric acid groups is 1. The van der Waals surface area contributed by atoms with Gasteiger partial charge in [-0.15, -0.1) is 0 Å². The van der Waals surface area contributed by atoms with Crippen molar-refractivity contribution in [3.8, 4) is 5.75 Å². The first-order valence-corrected chi connectivity index (χ1v) is 17.2. The number of carbonyl (C=O) groups is 2. The lowest BCUT2D eigenvalue weighted by Gasteiger charge is -2.29. The summed E-state index contributed by atoms with van der Waals surface area (Å²) < 4.78 is 48.8. The van der Waals surface area contributed by atoms with E-state index in [1.54, 1.807) is 46.8 Å². The van der Waals surface area contributed by atoms with Crippen LogP contribution in [0.4, 0.5) is 4.79 Å². The molecule has 0 radical (unpaired) electrons. The minimum Gasteiger partial charge on any atom is -0.458 e. The molecule has 2 aliphatic heterocycles. The van der Waals surface area contributed by atoms with Crippen LogP contribution < -0.4 is 21.1 Å². The molecule has 2 aromatic rings. The van der Waals surface area contributed by atoms with Crippen LogP contribution in [-0.4, -0.2) is 52.1 Å². The average molecular weight is 729 g/mol. The fraction of sp³-hybridized carbons (Fsp3) is 0.533. The Bertz CT molecular complexity index is 1630. The Morgan fingerprint density at radius 3 is 2.70 bits per heavy atom. The number of carbonyl (C=O) groups excluding carboxylic acids is 2. The molecule has 1 aromatic heterocycles. The van der Waals surface area contributed by atoms with Crippen LogP contribution in [0.5, 0.6) is 5.75 Å². The maximum Gasteiger partial charge on any atom is 0.530 e. The van der Waals surface area contributed by atoms with Gasteiger partial charge in [0.15, 0.2) is 0 Å². The van der Waals surface area contributed by atoms with Crippen molar-refractivity contribution in [3.63, 3.8) is 0 Å². The normalized spacial score (nSPS) is 24.1. The molecule has 2 N–H and O–H groups in total. The number of nitrogens with zero attached hydrogens (tertiary/aromatic N) is 1. The van der Waals surface area contributed by atoms with E-state index >= 15 is 0 Å². The smallest absolute Gasteiger partial charge is 0.458 e. The SMILES string of the molecule is CC[C@H](C)[C@@H](NC(=O)OC(C)(C)C)C(=O)O[C@H]1C[C@H](n2cc(/C=C/Br)c(=O)[nH]c2=O)O[C@@H]1COP1(=O)OCc2cccc(C)c2O1. The highest BCUT2D eigenvalue weighted by molar-refractivity contribution is 9.11. The molecule has 0 spiro atoms. The zero-order valence-corrected chi connectivity index (χ0v) is 28.9. The number of hydrogen-bond acceptors (Lipinski definition) is 11. The molecule has 1 unspecified atom stereocenters. The number of esters is 1. The highest BCUT2D eigenvalue weighted by Crippen LogP contribution is 2.55. The molecule has 6 atom stereocenters. The van der Waals surface area contributed by atoms with Gasteiger partial charge in [-0.25, -0.2) is 18.9 Å². The molecule has 14 nitrogen and oxygen atoms in total. The van der Waals surface area contributed by atoms with E-state index in [9.17, 15) is 23.7 Å². The Balaban J connectivity index is 1.58. The van der Waals surface area contributed by atoms with E-state index in [2.05, 4.69) is 26.2 Å². The third-order valence-corrected chi connectivity index (χ3v) is 8.99. The van der Waals surface area contributed by atoms with E-state index in [1.165, 1.54) is 17.3 Å². The monoisotopic (exact) mass is 727 g/mol. The van der Waals surface area contributed by atoms with Gasteiger partial charge in [-0.1, -0.05) is 54.4 Å². The van der Waals surface area contributed by atoms with E-state index in [0.29, 0.717) is 17.7 Å². The highest BCUT2D eigenvalue weighted by Gasteiger charge is 2.44. The molecule has 3 heterocycles. The van der Waals surface area contributed by atoms with Gasteiger partial charge >= 0.3 is 25.6 Å². The highest BCUT2D eigenvalue weighted by atomic mass is 79.9. The molecule has 1 fully saturated rings. The number of nitrogens with one attached hydrogen (secondary N) is 2. The van der Waals surface area contributed by atoms with Crippen molar-refractivity contribution in [2.75, 3.05) is 6.61 Å². The Morgan fingerprint density at radius 2 is 2.02 bits per heavy atom. The van der Waals surface area contributed by atoms with Gasteiger partial charge in [0.25, 0.3) is 5.56 Å². The molecular formula is C30H39BrN3O11P. The molecule has 16 heteroatoms. The molecule has 1 aromatic carbocycles. The Hall–Kier alpha value is -3.23. The summed E-state index contributed by atoms with van der Waals surface area (Å²) >= 11 is 3.12. The van der Waals surface area contributed by atoms with Crippen molar-refractivity contribution in [1.29, 1.82) is 0 Å². The summed E-state index contributed by atoms with van der Waals surface area (Å²) in [6, 6.07) is 4.33. The second kappa shape index (κ2) is 14.7. The minimum absolute atomic E-state index is 0.00951. The van der Waals surface area contributed by atoms with E-state index in [-0.39, 0.29) is 24.5 Å². The fourth-order valence-corrected chi connectivity index (χ4v) is 6.42. The second-order valence-corrected chi connectivity index (χ2v) is 14.2. The van der Waals surface area contributed by atoms with Gasteiger partial charge in [0.1, 0.15) is 35.8 Å². The number of phosphoric ester groups is 1. The van der Waals surface area contributed by atoms with Crippen molar-refractivity contribution < 1.29 is 41.9 Å². The number of amides is 1. The Kier molecular flexibility index (Phi) is 11.4. The van der Waals surface area contributed by atoms with Crippen molar-refractivity contribution in [2.24, 2.45) is 5.92 Å². The predicted molar refractivity (Wildman–Crippen MR) is 170 cm³/mol. The van der Waals surface area contributed by atoms with Crippen molar-refractivity contribution >= 4 is 41.9 Å². The summed E-state index contributed by atoms with van der Waals surface area (Å²) in [5.41, 5.74) is -0.547. The fourth-order valence-electron chi connectivity index (χ4n) is 4.85. The predicted octanol–water partition coefficient (Wildman–Crippen LogP) is 5.08. The molecule has 46 heavy (non-hydrogen) atoms. The van der Waals surface area contributed by atoms with Gasteiger partial charge in [-0.05, 0) is 50.2 Å². The number of para-hydroxylation sites is 1. The van der Waals surface area contributed by atoms with Crippen LogP contribution >= 0.6 is 23.8 Å². The third kappa shape index (κ3) is 8.77. The summed E-state index contributed by atoms with van der Waals surface area (Å²) in [7, 11) is -4.11. The number of aromatic nitrogens is 2. The summed E-state index contributed by atoms with van der Waals surface area (Å²) in [5, 5.41) is 2.60. The van der Waals surface area contributed by atoms with Crippen LogP contribution in [0.3, 0.4) is 0 Å². The maximum atomic E-state index is 13.6. The lowest BCUT2D eigenvalue weighted by Crippen LogP contribution is -2.49. The van der Waals surface area contributed by atoms with E-state index in [1.807, 2.05) is 13.0 Å². The van der Waals surface area contributed by atoms with Crippen molar-refractivity contribution in [2.45, 2.75) is 91.1 Å². The number of alkyl carbamates (subject to hydrolysis) is 1. The number of fused-ring (bicyclic) bond motifs is 1. The van der Waals surface area contributed by atoms with Gasteiger partial charge in [-0.3, -0.25) is 23.4 Å². The minimum atomic E-state index is -4.11. The second-order valence-electron chi connectivity index (χ2n) is 12.1.